The molecule has 0 aliphatic rings. The van der Waals surface area contributed by atoms with Crippen LogP contribution in [-0.4, -0.2) is 6.03 Å². The van der Waals surface area contributed by atoms with Crippen molar-refractivity contribution in [3.63, 3.8) is 0 Å². The average Bonchev–Trinajstić information content (AvgIpc) is 2.82. The highest BCUT2D eigenvalue weighted by molar-refractivity contribution is 9.10. The fraction of sp³-hybridized carbons (Fsp3) is 0.0769. The van der Waals surface area contributed by atoms with Crippen LogP contribution in [0.1, 0.15) is 10.4 Å². The van der Waals surface area contributed by atoms with Gasteiger partial charge in [-0.25, -0.2) is 4.79 Å². The SMILES string of the molecule is N#Cc1cccc(NC(=O)NCc2sccc2Br)c1. The Morgan fingerprint density at radius 3 is 2.95 bits per heavy atom. The summed E-state index contributed by atoms with van der Waals surface area (Å²) >= 11 is 4.98. The van der Waals surface area contributed by atoms with Crippen LogP contribution in [-0.2, 0) is 6.54 Å². The van der Waals surface area contributed by atoms with Crippen LogP contribution in [0.3, 0.4) is 0 Å². The van der Waals surface area contributed by atoms with Crippen LogP contribution < -0.4 is 10.6 Å². The quantitative estimate of drug-likeness (QED) is 0.897. The van der Waals surface area contributed by atoms with E-state index >= 15 is 0 Å². The molecule has 0 fully saturated rings. The van der Waals surface area contributed by atoms with Gasteiger partial charge in [-0.15, -0.1) is 11.3 Å². The maximum absolute atomic E-state index is 11.7. The Kier molecular flexibility index (Phi) is 4.55. The molecule has 6 heteroatoms. The number of nitriles is 1. The molecule has 1 aromatic carbocycles. The molecule has 4 nitrogen and oxygen atoms in total. The topological polar surface area (TPSA) is 64.9 Å². The fourth-order valence-electron chi connectivity index (χ4n) is 1.45. The lowest BCUT2D eigenvalue weighted by molar-refractivity contribution is 0.252. The van der Waals surface area contributed by atoms with Crippen molar-refractivity contribution in [2.45, 2.75) is 6.54 Å². The minimum Gasteiger partial charge on any atom is -0.333 e. The largest absolute Gasteiger partial charge is 0.333 e. The van der Waals surface area contributed by atoms with Gasteiger partial charge < -0.3 is 10.6 Å². The van der Waals surface area contributed by atoms with Crippen LogP contribution in [0.2, 0.25) is 0 Å². The van der Waals surface area contributed by atoms with Gasteiger partial charge in [0, 0.05) is 15.0 Å². The van der Waals surface area contributed by atoms with Gasteiger partial charge in [0.05, 0.1) is 18.2 Å². The third-order valence-corrected chi connectivity index (χ3v) is 4.28. The van der Waals surface area contributed by atoms with Crippen molar-refractivity contribution in [2.75, 3.05) is 5.32 Å². The van der Waals surface area contributed by atoms with Crippen LogP contribution in [0.5, 0.6) is 0 Å². The predicted octanol–water partition coefficient (Wildman–Crippen LogP) is 3.70. The Morgan fingerprint density at radius 2 is 2.26 bits per heavy atom. The molecule has 0 atom stereocenters. The Morgan fingerprint density at radius 1 is 1.42 bits per heavy atom. The van der Waals surface area contributed by atoms with E-state index in [1.54, 1.807) is 35.6 Å². The number of halogens is 1. The molecular formula is C13H10BrN3OS. The number of amides is 2. The molecule has 2 rings (SSSR count). The minimum absolute atomic E-state index is 0.296. The van der Waals surface area contributed by atoms with Crippen molar-refractivity contribution in [3.8, 4) is 6.07 Å². The standard InChI is InChI=1S/C13H10BrN3OS/c14-11-4-5-19-12(11)8-16-13(18)17-10-3-1-2-9(6-10)7-15/h1-6H,8H2,(H2,16,17,18). The molecule has 0 spiro atoms. The summed E-state index contributed by atoms with van der Waals surface area (Å²) in [6, 6.07) is 10.4. The Labute approximate surface area is 123 Å². The molecule has 1 heterocycles. The van der Waals surface area contributed by atoms with Gasteiger partial charge in [-0.2, -0.15) is 5.26 Å². The summed E-state index contributed by atoms with van der Waals surface area (Å²) in [6.07, 6.45) is 0. The Bertz CT molecular complexity index is 633. The molecular weight excluding hydrogens is 326 g/mol. The van der Waals surface area contributed by atoms with Crippen molar-refractivity contribution >= 4 is 39.0 Å². The number of carbonyl (C=O) groups is 1. The summed E-state index contributed by atoms with van der Waals surface area (Å²) < 4.78 is 0.990. The first-order valence-corrected chi connectivity index (χ1v) is 7.13. The van der Waals surface area contributed by atoms with Crippen LogP contribution in [0.4, 0.5) is 10.5 Å². The van der Waals surface area contributed by atoms with E-state index < -0.39 is 0 Å². The third-order valence-electron chi connectivity index (χ3n) is 2.35. The van der Waals surface area contributed by atoms with Crippen LogP contribution >= 0.6 is 27.3 Å². The predicted molar refractivity (Wildman–Crippen MR) is 79.0 cm³/mol. The summed E-state index contributed by atoms with van der Waals surface area (Å²) in [7, 11) is 0. The number of hydrogen-bond donors (Lipinski definition) is 2. The van der Waals surface area contributed by atoms with E-state index in [1.165, 1.54) is 0 Å². The molecule has 0 aliphatic carbocycles. The highest BCUT2D eigenvalue weighted by atomic mass is 79.9. The van der Waals surface area contributed by atoms with Crippen molar-refractivity contribution in [3.05, 3.63) is 50.6 Å². The summed E-state index contributed by atoms with van der Waals surface area (Å²) in [5.41, 5.74) is 1.11. The number of anilines is 1. The van der Waals surface area contributed by atoms with Crippen molar-refractivity contribution in [1.82, 2.24) is 5.32 Å². The first kappa shape index (κ1) is 13.6. The normalized spacial score (nSPS) is 9.68. The highest BCUT2D eigenvalue weighted by Crippen LogP contribution is 2.22. The molecule has 96 valence electrons. The zero-order valence-electron chi connectivity index (χ0n) is 9.81. The zero-order valence-corrected chi connectivity index (χ0v) is 12.2. The van der Waals surface area contributed by atoms with E-state index in [1.807, 2.05) is 17.5 Å². The summed E-state index contributed by atoms with van der Waals surface area (Å²) in [6.45, 7) is 0.460. The molecule has 0 bridgehead atoms. The van der Waals surface area contributed by atoms with Gasteiger partial charge in [-0.1, -0.05) is 6.07 Å². The fourth-order valence-corrected chi connectivity index (χ4v) is 2.89. The van der Waals surface area contributed by atoms with Crippen molar-refractivity contribution < 1.29 is 4.79 Å². The average molecular weight is 336 g/mol. The second-order valence-electron chi connectivity index (χ2n) is 3.69. The van der Waals surface area contributed by atoms with Gasteiger partial charge in [-0.05, 0) is 45.6 Å². The maximum atomic E-state index is 11.7. The Hall–Kier alpha value is -1.84. The van der Waals surface area contributed by atoms with E-state index in [2.05, 4.69) is 26.6 Å². The number of carbonyl (C=O) groups excluding carboxylic acids is 1. The van der Waals surface area contributed by atoms with Gasteiger partial charge in [0.25, 0.3) is 0 Å². The second kappa shape index (κ2) is 6.36. The first-order valence-electron chi connectivity index (χ1n) is 5.46. The van der Waals surface area contributed by atoms with Gasteiger partial charge in [0.15, 0.2) is 0 Å². The Balaban J connectivity index is 1.91. The van der Waals surface area contributed by atoms with Crippen LogP contribution in [0.25, 0.3) is 0 Å². The number of hydrogen-bond acceptors (Lipinski definition) is 3. The number of benzene rings is 1. The summed E-state index contributed by atoms with van der Waals surface area (Å²) in [5, 5.41) is 16.2. The highest BCUT2D eigenvalue weighted by Gasteiger charge is 2.05. The lowest BCUT2D eigenvalue weighted by atomic mass is 10.2. The molecule has 0 unspecified atom stereocenters. The number of thiophene rings is 1. The molecule has 19 heavy (non-hydrogen) atoms. The number of urea groups is 1. The third kappa shape index (κ3) is 3.81. The minimum atomic E-state index is -0.296. The maximum Gasteiger partial charge on any atom is 0.319 e. The van der Waals surface area contributed by atoms with E-state index in [-0.39, 0.29) is 6.03 Å². The summed E-state index contributed by atoms with van der Waals surface area (Å²) in [5.74, 6) is 0. The first-order chi connectivity index (χ1) is 9.19. The lowest BCUT2D eigenvalue weighted by Gasteiger charge is -2.07. The molecule has 1 aromatic heterocycles. The van der Waals surface area contributed by atoms with Crippen LogP contribution in [0, 0.1) is 11.3 Å². The van der Waals surface area contributed by atoms with Gasteiger partial charge >= 0.3 is 6.03 Å². The molecule has 2 aromatic rings. The number of nitrogens with zero attached hydrogens (tertiary/aromatic N) is 1. The smallest absolute Gasteiger partial charge is 0.319 e. The van der Waals surface area contributed by atoms with Gasteiger partial charge in [-0.3, -0.25) is 0 Å². The molecule has 0 radical (unpaired) electrons. The summed E-state index contributed by atoms with van der Waals surface area (Å²) in [4.78, 5) is 12.8. The van der Waals surface area contributed by atoms with Crippen molar-refractivity contribution in [1.29, 1.82) is 5.26 Å². The van der Waals surface area contributed by atoms with Crippen LogP contribution in [0.15, 0.2) is 40.2 Å². The van der Waals surface area contributed by atoms with Crippen molar-refractivity contribution in [2.24, 2.45) is 0 Å². The number of rotatable bonds is 3. The molecule has 2 N–H and O–H groups in total. The molecule has 2 amide bonds. The van der Waals surface area contributed by atoms with Gasteiger partial charge in [0.2, 0.25) is 0 Å². The van der Waals surface area contributed by atoms with E-state index in [4.69, 9.17) is 5.26 Å². The van der Waals surface area contributed by atoms with E-state index in [0.29, 0.717) is 17.8 Å². The number of nitrogens with one attached hydrogen (secondary N) is 2. The zero-order chi connectivity index (χ0) is 13.7. The second-order valence-corrected chi connectivity index (χ2v) is 5.55. The lowest BCUT2D eigenvalue weighted by Crippen LogP contribution is -2.27. The van der Waals surface area contributed by atoms with E-state index in [0.717, 1.165) is 9.35 Å². The molecule has 0 saturated heterocycles. The monoisotopic (exact) mass is 335 g/mol. The molecule has 0 saturated carbocycles. The van der Waals surface area contributed by atoms with E-state index in [9.17, 15) is 4.79 Å². The molecule has 0 aliphatic heterocycles. The van der Waals surface area contributed by atoms with Gasteiger partial charge in [0.1, 0.15) is 0 Å².